The predicted molar refractivity (Wildman–Crippen MR) is 130 cm³/mol. The molecular weight excluding hydrogens is 382 g/mol. The summed E-state index contributed by atoms with van der Waals surface area (Å²) in [7, 11) is 0. The molecule has 31 heavy (non-hydrogen) atoms. The number of Topliss-reactive ketones (excluding diaryl/α,β-unsaturated/α-hetero) is 1. The van der Waals surface area contributed by atoms with Crippen molar-refractivity contribution in [3.8, 4) is 11.3 Å². The van der Waals surface area contributed by atoms with Crippen molar-refractivity contribution in [2.24, 2.45) is 5.92 Å². The number of hydrogen-bond acceptors (Lipinski definition) is 3. The Labute approximate surface area is 189 Å². The number of benzene rings is 1. The quantitative estimate of drug-likeness (QED) is 0.203. The van der Waals surface area contributed by atoms with E-state index in [-0.39, 0.29) is 5.78 Å². The Kier molecular flexibility index (Phi) is 12.2. The van der Waals surface area contributed by atoms with Gasteiger partial charge < -0.3 is 4.74 Å². The van der Waals surface area contributed by atoms with Gasteiger partial charge in [-0.3, -0.25) is 9.78 Å². The molecule has 0 saturated heterocycles. The molecule has 1 unspecified atom stereocenters. The van der Waals surface area contributed by atoms with E-state index in [1.807, 2.05) is 36.5 Å². The third kappa shape index (κ3) is 9.78. The average Bonchev–Trinajstić information content (AvgIpc) is 2.81. The third-order valence-electron chi connectivity index (χ3n) is 6.04. The molecule has 0 spiro atoms. The molecule has 1 atom stereocenters. The molecule has 2 aromatic rings. The topological polar surface area (TPSA) is 39.2 Å². The van der Waals surface area contributed by atoms with Gasteiger partial charge in [-0.1, -0.05) is 96.0 Å². The maximum absolute atomic E-state index is 12.4. The second-order valence-electron chi connectivity index (χ2n) is 8.78. The van der Waals surface area contributed by atoms with Gasteiger partial charge in [0.15, 0.2) is 5.78 Å². The number of nitrogens with zero attached hydrogens (tertiary/aromatic N) is 1. The first-order valence-corrected chi connectivity index (χ1v) is 12.3. The van der Waals surface area contributed by atoms with Crippen LogP contribution in [-0.2, 0) is 11.3 Å². The second-order valence-corrected chi connectivity index (χ2v) is 8.78. The van der Waals surface area contributed by atoms with E-state index in [9.17, 15) is 4.79 Å². The monoisotopic (exact) mass is 423 g/mol. The van der Waals surface area contributed by atoms with Gasteiger partial charge in [0.2, 0.25) is 0 Å². The van der Waals surface area contributed by atoms with Crippen LogP contribution in [0.15, 0.2) is 42.6 Å². The number of aromatic nitrogens is 1. The molecule has 170 valence electrons. The zero-order valence-corrected chi connectivity index (χ0v) is 19.9. The van der Waals surface area contributed by atoms with Crippen molar-refractivity contribution in [2.75, 3.05) is 6.61 Å². The Morgan fingerprint density at radius 1 is 0.935 bits per heavy atom. The second kappa shape index (κ2) is 14.9. The Balaban J connectivity index is 1.74. The molecule has 1 aromatic heterocycles. The van der Waals surface area contributed by atoms with Gasteiger partial charge in [0.1, 0.15) is 0 Å². The van der Waals surface area contributed by atoms with Gasteiger partial charge in [0, 0.05) is 30.4 Å². The fourth-order valence-corrected chi connectivity index (χ4v) is 3.63. The van der Waals surface area contributed by atoms with E-state index in [0.29, 0.717) is 13.0 Å². The lowest BCUT2D eigenvalue weighted by atomic mass is 9.98. The van der Waals surface area contributed by atoms with E-state index in [2.05, 4.69) is 31.8 Å². The number of ketones is 1. The highest BCUT2D eigenvalue weighted by molar-refractivity contribution is 5.96. The van der Waals surface area contributed by atoms with E-state index >= 15 is 0 Å². The normalized spacial score (nSPS) is 12.1. The van der Waals surface area contributed by atoms with Gasteiger partial charge in [-0.15, -0.1) is 0 Å². The molecule has 0 saturated carbocycles. The Hall–Kier alpha value is -2.00. The minimum atomic E-state index is 0.242. The van der Waals surface area contributed by atoms with Gasteiger partial charge in [-0.2, -0.15) is 0 Å². The van der Waals surface area contributed by atoms with Crippen molar-refractivity contribution < 1.29 is 9.53 Å². The largest absolute Gasteiger partial charge is 0.377 e. The van der Waals surface area contributed by atoms with Gasteiger partial charge >= 0.3 is 0 Å². The number of ether oxygens (including phenoxy) is 1. The molecule has 0 bridgehead atoms. The van der Waals surface area contributed by atoms with Crippen molar-refractivity contribution >= 4 is 5.78 Å². The summed E-state index contributed by atoms with van der Waals surface area (Å²) < 4.78 is 5.77. The molecule has 0 aliphatic carbocycles. The van der Waals surface area contributed by atoms with Crippen molar-refractivity contribution in [1.29, 1.82) is 0 Å². The van der Waals surface area contributed by atoms with Gasteiger partial charge in [-0.25, -0.2) is 0 Å². The SMILES string of the molecule is CCCCCCCOCc1ccc(-c2ccc(C(=O)CCCCC(C)CC)cc2)nc1. The number of pyridine rings is 1. The van der Waals surface area contributed by atoms with Crippen molar-refractivity contribution in [2.45, 2.75) is 91.6 Å². The summed E-state index contributed by atoms with van der Waals surface area (Å²) in [5.74, 6) is 1.00. The summed E-state index contributed by atoms with van der Waals surface area (Å²) >= 11 is 0. The molecule has 1 heterocycles. The number of carbonyl (C=O) groups is 1. The van der Waals surface area contributed by atoms with Crippen molar-refractivity contribution in [1.82, 2.24) is 4.98 Å². The standard InChI is InChI=1S/C28H41NO2/c1-4-6-7-8-11-20-31-22-24-14-19-27(29-21-24)25-15-17-26(18-16-25)28(30)13-10-9-12-23(3)5-2/h14-19,21,23H,4-13,20,22H2,1-3H3. The third-order valence-corrected chi connectivity index (χ3v) is 6.04. The Morgan fingerprint density at radius 2 is 1.71 bits per heavy atom. The van der Waals surface area contributed by atoms with Crippen LogP contribution in [0.5, 0.6) is 0 Å². The number of unbranched alkanes of at least 4 members (excludes halogenated alkanes) is 5. The van der Waals surface area contributed by atoms with Gasteiger partial charge in [0.05, 0.1) is 12.3 Å². The van der Waals surface area contributed by atoms with E-state index in [0.717, 1.165) is 54.2 Å². The molecule has 0 N–H and O–H groups in total. The number of carbonyl (C=O) groups excluding carboxylic acids is 1. The van der Waals surface area contributed by atoms with Crippen LogP contribution in [0.2, 0.25) is 0 Å². The summed E-state index contributed by atoms with van der Waals surface area (Å²) in [6.45, 7) is 8.18. The number of rotatable bonds is 16. The highest BCUT2D eigenvalue weighted by atomic mass is 16.5. The van der Waals surface area contributed by atoms with Crippen LogP contribution in [0.4, 0.5) is 0 Å². The van der Waals surface area contributed by atoms with Crippen molar-refractivity contribution in [3.05, 3.63) is 53.7 Å². The van der Waals surface area contributed by atoms with Crippen LogP contribution in [0.1, 0.15) is 101 Å². The van der Waals surface area contributed by atoms with Gasteiger partial charge in [-0.05, 0) is 30.4 Å². The molecule has 3 heteroatoms. The molecule has 3 nitrogen and oxygen atoms in total. The number of hydrogen-bond donors (Lipinski definition) is 0. The maximum atomic E-state index is 12.4. The van der Waals surface area contributed by atoms with E-state index in [1.54, 1.807) is 0 Å². The zero-order valence-electron chi connectivity index (χ0n) is 19.9. The lowest BCUT2D eigenvalue weighted by Gasteiger charge is -2.08. The predicted octanol–water partition coefficient (Wildman–Crippen LogP) is 8.02. The van der Waals surface area contributed by atoms with E-state index in [4.69, 9.17) is 4.74 Å². The molecule has 0 fully saturated rings. The van der Waals surface area contributed by atoms with E-state index < -0.39 is 0 Å². The lowest BCUT2D eigenvalue weighted by Crippen LogP contribution is -2.00. The van der Waals surface area contributed by atoms with Crippen LogP contribution >= 0.6 is 0 Å². The smallest absolute Gasteiger partial charge is 0.162 e. The Morgan fingerprint density at radius 3 is 2.39 bits per heavy atom. The first kappa shape index (κ1) is 25.3. The molecular formula is C28H41NO2. The summed E-state index contributed by atoms with van der Waals surface area (Å²) in [5.41, 5.74) is 3.87. The van der Waals surface area contributed by atoms with Crippen LogP contribution in [-0.4, -0.2) is 17.4 Å². The molecule has 0 amide bonds. The minimum Gasteiger partial charge on any atom is -0.377 e. The van der Waals surface area contributed by atoms with Crippen molar-refractivity contribution in [3.63, 3.8) is 0 Å². The maximum Gasteiger partial charge on any atom is 0.162 e. The summed E-state index contributed by atoms with van der Waals surface area (Å²) in [6, 6.07) is 12.0. The molecule has 2 rings (SSSR count). The van der Waals surface area contributed by atoms with Crippen LogP contribution in [0.25, 0.3) is 11.3 Å². The van der Waals surface area contributed by atoms with Crippen LogP contribution < -0.4 is 0 Å². The van der Waals surface area contributed by atoms with Crippen LogP contribution in [0.3, 0.4) is 0 Å². The minimum absolute atomic E-state index is 0.242. The van der Waals surface area contributed by atoms with E-state index in [1.165, 1.54) is 38.5 Å². The van der Waals surface area contributed by atoms with Gasteiger partial charge in [0.25, 0.3) is 0 Å². The highest BCUT2D eigenvalue weighted by Gasteiger charge is 2.08. The first-order valence-electron chi connectivity index (χ1n) is 12.3. The molecule has 1 aromatic carbocycles. The summed E-state index contributed by atoms with van der Waals surface area (Å²) in [5, 5.41) is 0. The first-order chi connectivity index (χ1) is 15.1. The van der Waals surface area contributed by atoms with Crippen LogP contribution in [0, 0.1) is 5.92 Å². The molecule has 0 radical (unpaired) electrons. The lowest BCUT2D eigenvalue weighted by molar-refractivity contribution is 0.0978. The fraction of sp³-hybridized carbons (Fsp3) is 0.571. The fourth-order valence-electron chi connectivity index (χ4n) is 3.63. The molecule has 0 aliphatic heterocycles. The Bertz CT molecular complexity index is 737. The summed E-state index contributed by atoms with van der Waals surface area (Å²) in [6.07, 6.45) is 13.4. The highest BCUT2D eigenvalue weighted by Crippen LogP contribution is 2.20. The zero-order chi connectivity index (χ0) is 22.3. The molecule has 0 aliphatic rings. The summed E-state index contributed by atoms with van der Waals surface area (Å²) in [4.78, 5) is 17.0. The average molecular weight is 424 g/mol.